The zero-order chi connectivity index (χ0) is 20.0. The lowest BCUT2D eigenvalue weighted by Crippen LogP contribution is -2.02. The minimum atomic E-state index is -0.0497. The number of benzene rings is 3. The van der Waals surface area contributed by atoms with Crippen molar-refractivity contribution < 1.29 is 4.79 Å². The SMILES string of the molecule is O=C(c1ccc(Cl)cc1)c1ccc2c(c1)c(-c1cccc(Cl)c1)cc1nccn12. The first-order valence-electron chi connectivity index (χ1n) is 9.06. The maximum atomic E-state index is 13.0. The van der Waals surface area contributed by atoms with Crippen LogP contribution in [0.4, 0.5) is 0 Å². The van der Waals surface area contributed by atoms with Crippen molar-refractivity contribution in [2.45, 2.75) is 0 Å². The summed E-state index contributed by atoms with van der Waals surface area (Å²) in [6.07, 6.45) is 3.68. The Hall–Kier alpha value is -3.14. The van der Waals surface area contributed by atoms with Gasteiger partial charge in [-0.2, -0.15) is 0 Å². The number of aromatic nitrogens is 2. The maximum absolute atomic E-state index is 13.0. The van der Waals surface area contributed by atoms with Crippen LogP contribution in [0.25, 0.3) is 27.7 Å². The third-order valence-electron chi connectivity index (χ3n) is 4.99. The summed E-state index contributed by atoms with van der Waals surface area (Å²) in [5.41, 5.74) is 4.98. The molecule has 0 saturated carbocycles. The number of carbonyl (C=O) groups is 1. The second-order valence-corrected chi connectivity index (χ2v) is 7.66. The predicted molar refractivity (Wildman–Crippen MR) is 118 cm³/mol. The van der Waals surface area contributed by atoms with Crippen molar-refractivity contribution >= 4 is 45.5 Å². The molecule has 3 nitrogen and oxygen atoms in total. The lowest BCUT2D eigenvalue weighted by atomic mass is 9.96. The summed E-state index contributed by atoms with van der Waals surface area (Å²) < 4.78 is 2.01. The summed E-state index contributed by atoms with van der Waals surface area (Å²) in [5.74, 6) is -0.0497. The van der Waals surface area contributed by atoms with Crippen molar-refractivity contribution in [1.82, 2.24) is 9.38 Å². The van der Waals surface area contributed by atoms with Crippen LogP contribution in [-0.4, -0.2) is 15.2 Å². The maximum Gasteiger partial charge on any atom is 0.193 e. The zero-order valence-corrected chi connectivity index (χ0v) is 16.7. The standard InChI is InChI=1S/C24H14Cl2N2O/c25-18-7-4-15(5-8-18)24(29)17-6-9-22-21(13-17)20(14-23-27-10-11-28(22)23)16-2-1-3-19(26)12-16/h1-14H. The van der Waals surface area contributed by atoms with Crippen molar-refractivity contribution in [1.29, 1.82) is 0 Å². The van der Waals surface area contributed by atoms with Crippen LogP contribution in [0.1, 0.15) is 15.9 Å². The van der Waals surface area contributed by atoms with Crippen molar-refractivity contribution in [3.05, 3.63) is 106 Å². The van der Waals surface area contributed by atoms with Crippen LogP contribution in [0.3, 0.4) is 0 Å². The largest absolute Gasteiger partial charge is 0.300 e. The van der Waals surface area contributed by atoms with Gasteiger partial charge in [0.1, 0.15) is 5.65 Å². The van der Waals surface area contributed by atoms with Crippen molar-refractivity contribution in [2.75, 3.05) is 0 Å². The molecule has 2 aromatic heterocycles. The van der Waals surface area contributed by atoms with E-state index < -0.39 is 0 Å². The molecule has 0 atom stereocenters. The molecule has 0 aliphatic carbocycles. The van der Waals surface area contributed by atoms with Gasteiger partial charge in [0.05, 0.1) is 5.52 Å². The number of fused-ring (bicyclic) bond motifs is 3. The second-order valence-electron chi connectivity index (χ2n) is 6.79. The van der Waals surface area contributed by atoms with E-state index in [4.69, 9.17) is 23.2 Å². The molecule has 0 saturated heterocycles. The number of rotatable bonds is 3. The van der Waals surface area contributed by atoms with E-state index in [0.29, 0.717) is 21.2 Å². The Morgan fingerprint density at radius 3 is 2.41 bits per heavy atom. The fraction of sp³-hybridized carbons (Fsp3) is 0. The number of halogens is 2. The molecule has 0 fully saturated rings. The molecular weight excluding hydrogens is 403 g/mol. The molecule has 0 spiro atoms. The van der Waals surface area contributed by atoms with Gasteiger partial charge in [-0.15, -0.1) is 0 Å². The minimum Gasteiger partial charge on any atom is -0.300 e. The summed E-state index contributed by atoms with van der Waals surface area (Å²) in [6.45, 7) is 0. The lowest BCUT2D eigenvalue weighted by molar-refractivity contribution is 0.103. The smallest absolute Gasteiger partial charge is 0.193 e. The third-order valence-corrected chi connectivity index (χ3v) is 5.48. The quantitative estimate of drug-likeness (QED) is 0.307. The molecule has 5 rings (SSSR count). The van der Waals surface area contributed by atoms with E-state index >= 15 is 0 Å². The van der Waals surface area contributed by atoms with Crippen LogP contribution in [-0.2, 0) is 0 Å². The summed E-state index contributed by atoms with van der Waals surface area (Å²) in [4.78, 5) is 17.5. The van der Waals surface area contributed by atoms with E-state index in [1.807, 2.05) is 59.1 Å². The normalized spacial score (nSPS) is 11.2. The average molecular weight is 417 g/mol. The van der Waals surface area contributed by atoms with Gasteiger partial charge in [-0.3, -0.25) is 9.20 Å². The van der Waals surface area contributed by atoms with Crippen LogP contribution in [0.5, 0.6) is 0 Å². The molecule has 0 amide bonds. The molecule has 0 radical (unpaired) electrons. The zero-order valence-electron chi connectivity index (χ0n) is 15.1. The Morgan fingerprint density at radius 2 is 1.62 bits per heavy atom. The van der Waals surface area contributed by atoms with Gasteiger partial charge in [-0.25, -0.2) is 4.98 Å². The third kappa shape index (κ3) is 3.19. The van der Waals surface area contributed by atoms with Crippen LogP contribution in [0.2, 0.25) is 10.0 Å². The van der Waals surface area contributed by atoms with Crippen LogP contribution in [0, 0.1) is 0 Å². The lowest BCUT2D eigenvalue weighted by Gasteiger charge is -2.12. The Bertz CT molecular complexity index is 1390. The van der Waals surface area contributed by atoms with Gasteiger partial charge in [0.15, 0.2) is 5.78 Å². The van der Waals surface area contributed by atoms with E-state index in [9.17, 15) is 4.79 Å². The first-order valence-corrected chi connectivity index (χ1v) is 9.82. The Kier molecular flexibility index (Phi) is 4.35. The monoisotopic (exact) mass is 416 g/mol. The fourth-order valence-electron chi connectivity index (χ4n) is 3.60. The molecular formula is C24H14Cl2N2O. The first kappa shape index (κ1) is 17.9. The summed E-state index contributed by atoms with van der Waals surface area (Å²) in [5, 5.41) is 2.22. The number of imidazole rings is 1. The molecule has 140 valence electrons. The molecule has 0 N–H and O–H groups in total. The Labute approximate surface area is 177 Å². The van der Waals surface area contributed by atoms with Gasteiger partial charge in [-0.1, -0.05) is 35.3 Å². The van der Waals surface area contributed by atoms with E-state index in [-0.39, 0.29) is 5.78 Å². The van der Waals surface area contributed by atoms with Gasteiger partial charge in [0, 0.05) is 39.0 Å². The molecule has 5 heteroatoms. The van der Waals surface area contributed by atoms with E-state index in [1.54, 1.807) is 30.5 Å². The molecule has 29 heavy (non-hydrogen) atoms. The first-order chi connectivity index (χ1) is 14.1. The summed E-state index contributed by atoms with van der Waals surface area (Å²) in [6, 6.07) is 22.4. The highest BCUT2D eigenvalue weighted by Crippen LogP contribution is 2.32. The number of hydrogen-bond donors (Lipinski definition) is 0. The van der Waals surface area contributed by atoms with Gasteiger partial charge in [0.25, 0.3) is 0 Å². The second kappa shape index (κ2) is 7.03. The Balaban J connectivity index is 1.75. The molecule has 0 unspecified atom stereocenters. The number of hydrogen-bond acceptors (Lipinski definition) is 2. The van der Waals surface area contributed by atoms with Gasteiger partial charge >= 0.3 is 0 Å². The fourth-order valence-corrected chi connectivity index (χ4v) is 3.91. The highest BCUT2D eigenvalue weighted by molar-refractivity contribution is 6.31. The van der Waals surface area contributed by atoms with Crippen LogP contribution < -0.4 is 0 Å². The summed E-state index contributed by atoms with van der Waals surface area (Å²) >= 11 is 12.2. The van der Waals surface area contributed by atoms with Crippen LogP contribution in [0.15, 0.2) is 85.2 Å². The number of ketones is 1. The van der Waals surface area contributed by atoms with Crippen molar-refractivity contribution in [3.8, 4) is 11.1 Å². The molecule has 0 bridgehead atoms. The molecule has 0 aliphatic rings. The number of nitrogens with zero attached hydrogens (tertiary/aromatic N) is 2. The van der Waals surface area contributed by atoms with Crippen molar-refractivity contribution in [2.24, 2.45) is 0 Å². The van der Waals surface area contributed by atoms with Crippen molar-refractivity contribution in [3.63, 3.8) is 0 Å². The number of pyridine rings is 1. The van der Waals surface area contributed by atoms with E-state index in [1.165, 1.54) is 0 Å². The van der Waals surface area contributed by atoms with Gasteiger partial charge < -0.3 is 0 Å². The number of carbonyl (C=O) groups excluding carboxylic acids is 1. The van der Waals surface area contributed by atoms with Gasteiger partial charge in [-0.05, 0) is 71.8 Å². The van der Waals surface area contributed by atoms with Crippen LogP contribution >= 0.6 is 23.2 Å². The average Bonchev–Trinajstić information content (AvgIpc) is 3.22. The van der Waals surface area contributed by atoms with E-state index in [2.05, 4.69) is 4.98 Å². The topological polar surface area (TPSA) is 34.4 Å². The molecule has 3 aromatic carbocycles. The predicted octanol–water partition coefficient (Wildman–Crippen LogP) is 6.69. The minimum absolute atomic E-state index is 0.0497. The van der Waals surface area contributed by atoms with Gasteiger partial charge in [0.2, 0.25) is 0 Å². The van der Waals surface area contributed by atoms with E-state index in [0.717, 1.165) is 27.7 Å². The summed E-state index contributed by atoms with van der Waals surface area (Å²) in [7, 11) is 0. The highest BCUT2D eigenvalue weighted by atomic mass is 35.5. The molecule has 5 aromatic rings. The molecule has 2 heterocycles. The highest BCUT2D eigenvalue weighted by Gasteiger charge is 2.14. The molecule has 0 aliphatic heterocycles. The Morgan fingerprint density at radius 1 is 0.828 bits per heavy atom.